The molecule has 1 aliphatic heterocycles. The van der Waals surface area contributed by atoms with E-state index in [9.17, 15) is 33.6 Å². The summed E-state index contributed by atoms with van der Waals surface area (Å²) >= 11 is 0. The number of alkyl carbamates (subject to hydrolysis) is 1. The number of epoxide rings is 1. The van der Waals surface area contributed by atoms with Crippen LogP contribution < -0.4 is 26.6 Å². The second-order valence-corrected chi connectivity index (χ2v) is 15.1. The maximum Gasteiger partial charge on any atom is 0.407 e. The van der Waals surface area contributed by atoms with Crippen LogP contribution in [0, 0.1) is 11.8 Å². The monoisotopic (exact) mass is 743 g/mol. The van der Waals surface area contributed by atoms with Crippen LogP contribution in [-0.4, -0.2) is 91.1 Å². The summed E-state index contributed by atoms with van der Waals surface area (Å²) in [5.41, 5.74) is -0.356. The van der Waals surface area contributed by atoms with Gasteiger partial charge in [0.25, 0.3) is 5.91 Å². The van der Waals surface area contributed by atoms with Crippen LogP contribution in [0.1, 0.15) is 105 Å². The smallest absolute Gasteiger partial charge is 0.407 e. The van der Waals surface area contributed by atoms with Crippen molar-refractivity contribution in [3.63, 3.8) is 0 Å². The van der Waals surface area contributed by atoms with Gasteiger partial charge in [-0.2, -0.15) is 0 Å². The topological polar surface area (TPSA) is 211 Å². The SMILES string of the molecule is CCCC(NC(=O)[C@H](CC1CO1)NC(=O)C(NC(=O)OCC(C)C)C1CCCCC1)C(=O)C(=O)NCC(=O)NC(C(=O)OC(C)(C)C)c1ccccc1. The van der Waals surface area contributed by atoms with Crippen LogP contribution in [-0.2, 0) is 43.0 Å². The molecular formula is C38H57N5O10. The summed E-state index contributed by atoms with van der Waals surface area (Å²) in [5, 5.41) is 12.9. The molecule has 1 saturated carbocycles. The van der Waals surface area contributed by atoms with Crippen LogP contribution in [0.2, 0.25) is 0 Å². The summed E-state index contributed by atoms with van der Waals surface area (Å²) in [5.74, 6) is -4.84. The molecule has 0 radical (unpaired) electrons. The predicted octanol–water partition coefficient (Wildman–Crippen LogP) is 2.76. The van der Waals surface area contributed by atoms with Gasteiger partial charge < -0.3 is 40.8 Å². The van der Waals surface area contributed by atoms with Gasteiger partial charge in [0.2, 0.25) is 23.5 Å². The molecule has 0 bridgehead atoms. The first-order valence-electron chi connectivity index (χ1n) is 18.6. The Hall–Kier alpha value is -4.53. The molecule has 2 fully saturated rings. The Labute approximate surface area is 311 Å². The molecule has 5 amide bonds. The molecule has 53 heavy (non-hydrogen) atoms. The first-order valence-corrected chi connectivity index (χ1v) is 18.6. The standard InChI is InChI=1S/C38H57N5O10/c1-7-14-27(32(45)35(48)39-20-29(44)42-31(25-17-12-9-13-18-25)36(49)53-38(4,5)6)40-33(46)28(19-26-22-51-26)41-34(47)30(24-15-10-8-11-16-24)43-37(50)52-21-23(2)3/h9,12-13,17-18,23-24,26-28,30-31H,7-8,10-11,14-16,19-22H2,1-6H3,(H,39,48)(H,40,46)(H,41,47)(H,42,44)(H,43,50)/t26?,27?,28-,30?,31?/m0/s1. The quantitative estimate of drug-likeness (QED) is 0.0795. The van der Waals surface area contributed by atoms with Crippen LogP contribution >= 0.6 is 0 Å². The lowest BCUT2D eigenvalue weighted by atomic mass is 9.83. The molecule has 4 unspecified atom stereocenters. The van der Waals surface area contributed by atoms with Crippen molar-refractivity contribution >= 4 is 41.5 Å². The minimum atomic E-state index is -1.26. The number of benzene rings is 1. The summed E-state index contributed by atoms with van der Waals surface area (Å²) in [7, 11) is 0. The number of ketones is 1. The fraction of sp³-hybridized carbons (Fsp3) is 0.658. The fourth-order valence-corrected chi connectivity index (χ4v) is 5.97. The third-order valence-electron chi connectivity index (χ3n) is 8.68. The van der Waals surface area contributed by atoms with E-state index in [1.165, 1.54) is 0 Å². The zero-order chi connectivity index (χ0) is 39.1. The van der Waals surface area contributed by atoms with Crippen LogP contribution in [0.4, 0.5) is 4.79 Å². The van der Waals surface area contributed by atoms with Crippen molar-refractivity contribution in [3.05, 3.63) is 35.9 Å². The van der Waals surface area contributed by atoms with E-state index in [4.69, 9.17) is 14.2 Å². The van der Waals surface area contributed by atoms with Crippen molar-refractivity contribution in [1.82, 2.24) is 26.6 Å². The molecule has 294 valence electrons. The first kappa shape index (κ1) is 42.9. The van der Waals surface area contributed by atoms with Crippen molar-refractivity contribution in [2.24, 2.45) is 11.8 Å². The van der Waals surface area contributed by atoms with E-state index in [1.807, 2.05) is 13.8 Å². The Kier molecular flexibility index (Phi) is 16.7. The molecule has 5 atom stereocenters. The highest BCUT2D eigenvalue weighted by Crippen LogP contribution is 2.27. The summed E-state index contributed by atoms with van der Waals surface area (Å²) in [6.07, 6.45) is 3.91. The highest BCUT2D eigenvalue weighted by molar-refractivity contribution is 6.38. The number of carbonyl (C=O) groups is 7. The molecule has 15 nitrogen and oxygen atoms in total. The Bertz CT molecular complexity index is 1420. The van der Waals surface area contributed by atoms with Gasteiger partial charge in [-0.25, -0.2) is 9.59 Å². The van der Waals surface area contributed by atoms with Gasteiger partial charge in [0.05, 0.1) is 31.9 Å². The average Bonchev–Trinajstić information content (AvgIpc) is 3.94. The van der Waals surface area contributed by atoms with Gasteiger partial charge in [0.15, 0.2) is 6.04 Å². The number of Topliss-reactive ketones (excluding diaryl/α,β-unsaturated/α-hetero) is 1. The first-order chi connectivity index (χ1) is 25.1. The van der Waals surface area contributed by atoms with Gasteiger partial charge in [-0.1, -0.05) is 76.8 Å². The van der Waals surface area contributed by atoms with E-state index >= 15 is 0 Å². The second kappa shape index (κ2) is 20.6. The van der Waals surface area contributed by atoms with Crippen molar-refractivity contribution in [2.75, 3.05) is 19.8 Å². The second-order valence-electron chi connectivity index (χ2n) is 15.1. The number of ether oxygens (including phenoxy) is 3. The zero-order valence-electron chi connectivity index (χ0n) is 31.8. The lowest BCUT2D eigenvalue weighted by Gasteiger charge is -2.31. The lowest BCUT2D eigenvalue weighted by molar-refractivity contribution is -0.158. The van der Waals surface area contributed by atoms with Crippen molar-refractivity contribution in [3.8, 4) is 0 Å². The predicted molar refractivity (Wildman–Crippen MR) is 194 cm³/mol. The normalized spacial score (nSPS) is 18.0. The van der Waals surface area contributed by atoms with E-state index < -0.39 is 77.8 Å². The summed E-state index contributed by atoms with van der Waals surface area (Å²) in [4.78, 5) is 92.1. The largest absolute Gasteiger partial charge is 0.458 e. The molecule has 1 aromatic rings. The third-order valence-corrected chi connectivity index (χ3v) is 8.68. The van der Waals surface area contributed by atoms with Crippen molar-refractivity contribution in [2.45, 2.75) is 129 Å². The van der Waals surface area contributed by atoms with Gasteiger partial charge >= 0.3 is 12.1 Å². The van der Waals surface area contributed by atoms with E-state index in [-0.39, 0.29) is 37.4 Å². The van der Waals surface area contributed by atoms with E-state index in [2.05, 4.69) is 26.6 Å². The average molecular weight is 744 g/mol. The molecule has 15 heteroatoms. The van der Waals surface area contributed by atoms with Gasteiger partial charge in [-0.15, -0.1) is 0 Å². The number of nitrogens with one attached hydrogen (secondary N) is 5. The van der Waals surface area contributed by atoms with Crippen LogP contribution in [0.5, 0.6) is 0 Å². The molecular weight excluding hydrogens is 686 g/mol. The Morgan fingerprint density at radius 1 is 0.868 bits per heavy atom. The Morgan fingerprint density at radius 2 is 1.51 bits per heavy atom. The molecule has 0 aromatic heterocycles. The number of hydrogen-bond donors (Lipinski definition) is 5. The van der Waals surface area contributed by atoms with E-state index in [0.29, 0.717) is 18.6 Å². The maximum absolute atomic E-state index is 13.7. The number of amides is 5. The maximum atomic E-state index is 13.7. The van der Waals surface area contributed by atoms with Gasteiger partial charge in [0, 0.05) is 6.42 Å². The van der Waals surface area contributed by atoms with Crippen LogP contribution in [0.25, 0.3) is 0 Å². The van der Waals surface area contributed by atoms with Crippen LogP contribution in [0.3, 0.4) is 0 Å². The lowest BCUT2D eigenvalue weighted by Crippen LogP contribution is -2.58. The molecule has 0 spiro atoms. The van der Waals surface area contributed by atoms with Gasteiger partial charge in [0.1, 0.15) is 17.7 Å². The minimum absolute atomic E-state index is 0.100. The number of carbonyl (C=O) groups excluding carboxylic acids is 7. The van der Waals surface area contributed by atoms with Gasteiger partial charge in [-0.3, -0.25) is 24.0 Å². The molecule has 3 rings (SSSR count). The highest BCUT2D eigenvalue weighted by Gasteiger charge is 2.38. The fourth-order valence-electron chi connectivity index (χ4n) is 5.97. The molecule has 1 aliphatic carbocycles. The highest BCUT2D eigenvalue weighted by atomic mass is 16.6. The van der Waals surface area contributed by atoms with E-state index in [0.717, 1.165) is 32.1 Å². The molecule has 1 saturated heterocycles. The minimum Gasteiger partial charge on any atom is -0.458 e. The Morgan fingerprint density at radius 3 is 2.09 bits per heavy atom. The van der Waals surface area contributed by atoms with Crippen LogP contribution in [0.15, 0.2) is 30.3 Å². The zero-order valence-corrected chi connectivity index (χ0v) is 31.8. The molecule has 2 aliphatic rings. The number of rotatable bonds is 19. The number of hydrogen-bond acceptors (Lipinski definition) is 10. The van der Waals surface area contributed by atoms with Crippen molar-refractivity contribution < 1.29 is 47.8 Å². The Balaban J connectivity index is 1.66. The van der Waals surface area contributed by atoms with Crippen molar-refractivity contribution in [1.29, 1.82) is 0 Å². The van der Waals surface area contributed by atoms with E-state index in [1.54, 1.807) is 58.0 Å². The molecule has 5 N–H and O–H groups in total. The summed E-state index contributed by atoms with van der Waals surface area (Å²) in [6.45, 7) is 10.6. The molecule has 1 aromatic carbocycles. The van der Waals surface area contributed by atoms with Gasteiger partial charge in [-0.05, 0) is 57.4 Å². The summed E-state index contributed by atoms with van der Waals surface area (Å²) in [6, 6.07) is 3.96. The third kappa shape index (κ3) is 15.2. The molecule has 1 heterocycles. The number of esters is 1. The summed E-state index contributed by atoms with van der Waals surface area (Å²) < 4.78 is 16.1.